The van der Waals surface area contributed by atoms with Crippen LogP contribution in [-0.2, 0) is 14.3 Å². The molecule has 2 atom stereocenters. The summed E-state index contributed by atoms with van der Waals surface area (Å²) in [7, 11) is 0. The molecule has 1 heterocycles. The Morgan fingerprint density at radius 2 is 2.04 bits per heavy atom. The minimum atomic E-state index is -0.845. The maximum absolute atomic E-state index is 13.9. The van der Waals surface area contributed by atoms with Crippen molar-refractivity contribution in [3.8, 4) is 6.07 Å². The van der Waals surface area contributed by atoms with Crippen molar-refractivity contribution < 1.29 is 23.5 Å². The molecule has 0 bridgehead atoms. The molecule has 0 unspecified atom stereocenters. The van der Waals surface area contributed by atoms with Crippen LogP contribution in [-0.4, -0.2) is 36.7 Å². The summed E-state index contributed by atoms with van der Waals surface area (Å²) in [5.74, 6) is -2.38. The van der Waals surface area contributed by atoms with Gasteiger partial charge in [0.15, 0.2) is 11.6 Å². The van der Waals surface area contributed by atoms with E-state index in [4.69, 9.17) is 14.7 Å². The molecule has 7 heteroatoms. The highest BCUT2D eigenvalue weighted by atomic mass is 19.1. The number of nitrogens with one attached hydrogen (secondary N) is 1. The summed E-state index contributed by atoms with van der Waals surface area (Å²) in [5, 5.41) is 11.7. The lowest BCUT2D eigenvalue weighted by atomic mass is 9.85. The van der Waals surface area contributed by atoms with Crippen LogP contribution in [0, 0.1) is 28.5 Å². The second-order valence-electron chi connectivity index (χ2n) is 8.46. The molecule has 0 radical (unpaired) electrons. The van der Waals surface area contributed by atoms with E-state index in [2.05, 4.69) is 5.32 Å². The van der Waals surface area contributed by atoms with Gasteiger partial charge in [0.1, 0.15) is 11.9 Å². The lowest BCUT2D eigenvalue weighted by molar-refractivity contribution is -0.304. The van der Waals surface area contributed by atoms with Crippen molar-refractivity contribution in [2.24, 2.45) is 11.3 Å². The normalized spacial score (nSPS) is 21.4. The van der Waals surface area contributed by atoms with Crippen LogP contribution in [0.1, 0.15) is 57.0 Å². The molecule has 0 saturated carbocycles. The zero-order valence-electron chi connectivity index (χ0n) is 17.0. The van der Waals surface area contributed by atoms with Gasteiger partial charge in [-0.3, -0.25) is 9.59 Å². The quantitative estimate of drug-likeness (QED) is 0.754. The van der Waals surface area contributed by atoms with Crippen LogP contribution in [0.3, 0.4) is 0 Å². The molecule has 1 amide bonds. The van der Waals surface area contributed by atoms with Crippen molar-refractivity contribution in [3.05, 3.63) is 35.1 Å². The third-order valence-corrected chi connectivity index (χ3v) is 4.70. The fraction of sp³-hybridized carbons (Fsp3) is 0.571. The van der Waals surface area contributed by atoms with E-state index in [0.717, 1.165) is 6.07 Å². The van der Waals surface area contributed by atoms with Gasteiger partial charge < -0.3 is 14.8 Å². The first-order valence-corrected chi connectivity index (χ1v) is 9.27. The molecule has 152 valence electrons. The second-order valence-corrected chi connectivity index (χ2v) is 8.46. The van der Waals surface area contributed by atoms with E-state index in [9.17, 15) is 14.0 Å². The Labute approximate surface area is 165 Å². The fourth-order valence-corrected chi connectivity index (χ4v) is 3.00. The third-order valence-electron chi connectivity index (χ3n) is 4.70. The van der Waals surface area contributed by atoms with Crippen molar-refractivity contribution >= 4 is 11.7 Å². The second kappa shape index (κ2) is 8.38. The van der Waals surface area contributed by atoms with Gasteiger partial charge in [0.2, 0.25) is 5.91 Å². The summed E-state index contributed by atoms with van der Waals surface area (Å²) in [6, 6.07) is 5.59. The predicted octanol–water partition coefficient (Wildman–Crippen LogP) is 3.20. The van der Waals surface area contributed by atoms with Gasteiger partial charge >= 0.3 is 0 Å². The van der Waals surface area contributed by atoms with Crippen molar-refractivity contribution in [1.29, 1.82) is 5.26 Å². The average Bonchev–Trinajstić information content (AvgIpc) is 2.62. The molecule has 0 aliphatic carbocycles. The van der Waals surface area contributed by atoms with E-state index in [1.807, 2.05) is 19.9 Å². The van der Waals surface area contributed by atoms with Gasteiger partial charge in [0.05, 0.1) is 23.8 Å². The summed E-state index contributed by atoms with van der Waals surface area (Å²) >= 11 is 0. The number of hydrogen-bond donors (Lipinski definition) is 1. The number of rotatable bonds is 6. The first-order chi connectivity index (χ1) is 12.9. The zero-order chi connectivity index (χ0) is 21.1. The maximum atomic E-state index is 13.9. The van der Waals surface area contributed by atoms with E-state index >= 15 is 0 Å². The SMILES string of the molecule is C[C@@H](CNC(=O)[C@@H]1OC(C)(C)OCC1(C)C)CC(=O)c1cc(C#N)ccc1F. The van der Waals surface area contributed by atoms with Gasteiger partial charge in [-0.15, -0.1) is 0 Å². The number of ketones is 1. The predicted molar refractivity (Wildman–Crippen MR) is 101 cm³/mol. The Kier molecular flexibility index (Phi) is 6.58. The highest BCUT2D eigenvalue weighted by molar-refractivity contribution is 5.96. The van der Waals surface area contributed by atoms with E-state index in [1.165, 1.54) is 12.1 Å². The summed E-state index contributed by atoms with van der Waals surface area (Å²) in [6.45, 7) is 9.74. The molecule has 1 N–H and O–H groups in total. The van der Waals surface area contributed by atoms with Gasteiger partial charge in [-0.25, -0.2) is 4.39 Å². The van der Waals surface area contributed by atoms with Crippen molar-refractivity contribution in [2.45, 2.75) is 52.9 Å². The number of amides is 1. The number of halogens is 1. The molecule has 2 rings (SSSR count). The largest absolute Gasteiger partial charge is 0.354 e. The number of carbonyl (C=O) groups is 2. The molecule has 1 saturated heterocycles. The monoisotopic (exact) mass is 390 g/mol. The smallest absolute Gasteiger partial charge is 0.249 e. The zero-order valence-corrected chi connectivity index (χ0v) is 17.0. The van der Waals surface area contributed by atoms with Crippen molar-refractivity contribution in [1.82, 2.24) is 5.32 Å². The molecule has 0 aromatic heterocycles. The van der Waals surface area contributed by atoms with E-state index in [1.54, 1.807) is 20.8 Å². The minimum absolute atomic E-state index is 0.0512. The molecular formula is C21H27FN2O4. The molecular weight excluding hydrogens is 363 g/mol. The van der Waals surface area contributed by atoms with Gasteiger partial charge in [0, 0.05) is 18.4 Å². The summed E-state index contributed by atoms with van der Waals surface area (Å²) in [4.78, 5) is 25.0. The maximum Gasteiger partial charge on any atom is 0.249 e. The number of Topliss-reactive ketones (excluding diaryl/α,β-unsaturated/α-hetero) is 1. The van der Waals surface area contributed by atoms with Gasteiger partial charge in [-0.2, -0.15) is 5.26 Å². The van der Waals surface area contributed by atoms with Crippen LogP contribution in [0.2, 0.25) is 0 Å². The lowest BCUT2D eigenvalue weighted by Gasteiger charge is -2.44. The minimum Gasteiger partial charge on any atom is -0.354 e. The van der Waals surface area contributed by atoms with E-state index in [-0.39, 0.29) is 35.9 Å². The van der Waals surface area contributed by atoms with Crippen LogP contribution in [0.4, 0.5) is 4.39 Å². The average molecular weight is 390 g/mol. The Hall–Kier alpha value is -2.30. The fourth-order valence-electron chi connectivity index (χ4n) is 3.00. The number of ether oxygens (including phenoxy) is 2. The third kappa shape index (κ3) is 5.37. The Bertz CT molecular complexity index is 798. The highest BCUT2D eigenvalue weighted by Gasteiger charge is 2.45. The van der Waals surface area contributed by atoms with Gasteiger partial charge in [-0.1, -0.05) is 20.8 Å². The topological polar surface area (TPSA) is 88.4 Å². The Balaban J connectivity index is 1.95. The van der Waals surface area contributed by atoms with E-state index < -0.39 is 28.9 Å². The van der Waals surface area contributed by atoms with E-state index in [0.29, 0.717) is 6.61 Å². The van der Waals surface area contributed by atoms with Crippen molar-refractivity contribution in [2.75, 3.05) is 13.2 Å². The first-order valence-electron chi connectivity index (χ1n) is 9.27. The number of hydrogen-bond acceptors (Lipinski definition) is 5. The molecule has 1 aromatic rings. The molecule has 0 spiro atoms. The summed E-state index contributed by atoms with van der Waals surface area (Å²) in [6.07, 6.45) is -0.626. The molecule has 28 heavy (non-hydrogen) atoms. The first kappa shape index (κ1) is 22.0. The lowest BCUT2D eigenvalue weighted by Crippen LogP contribution is -2.56. The molecule has 1 aliphatic heterocycles. The summed E-state index contributed by atoms with van der Waals surface area (Å²) in [5.41, 5.74) is -0.362. The van der Waals surface area contributed by atoms with Crippen LogP contribution >= 0.6 is 0 Å². The summed E-state index contributed by atoms with van der Waals surface area (Å²) < 4.78 is 25.3. The molecule has 1 aromatic carbocycles. The standard InChI is InChI=1S/C21H27FN2O4/c1-13(8-17(25)15-9-14(10-23)6-7-16(15)22)11-24-19(26)18-20(2,3)12-27-21(4,5)28-18/h6-7,9,13,18H,8,11-12H2,1-5H3,(H,24,26)/t13-,18+/m1/s1. The van der Waals surface area contributed by atoms with Crippen LogP contribution in [0.5, 0.6) is 0 Å². The molecule has 1 fully saturated rings. The number of nitriles is 1. The molecule has 6 nitrogen and oxygen atoms in total. The van der Waals surface area contributed by atoms with Crippen LogP contribution < -0.4 is 5.32 Å². The van der Waals surface area contributed by atoms with Gasteiger partial charge in [-0.05, 0) is 38.0 Å². The Morgan fingerprint density at radius 1 is 1.36 bits per heavy atom. The van der Waals surface area contributed by atoms with Crippen LogP contribution in [0.25, 0.3) is 0 Å². The number of benzene rings is 1. The van der Waals surface area contributed by atoms with Crippen molar-refractivity contribution in [3.63, 3.8) is 0 Å². The van der Waals surface area contributed by atoms with Gasteiger partial charge in [0.25, 0.3) is 0 Å². The molecule has 1 aliphatic rings. The van der Waals surface area contributed by atoms with Crippen LogP contribution in [0.15, 0.2) is 18.2 Å². The highest BCUT2D eigenvalue weighted by Crippen LogP contribution is 2.34. The number of carbonyl (C=O) groups excluding carboxylic acids is 2. The Morgan fingerprint density at radius 3 is 2.68 bits per heavy atom. The number of nitrogens with zero attached hydrogens (tertiary/aromatic N) is 1.